The van der Waals surface area contributed by atoms with Crippen LogP contribution in [0.5, 0.6) is 5.75 Å². The average Bonchev–Trinajstić information content (AvgIpc) is 2.77. The van der Waals surface area contributed by atoms with Gasteiger partial charge in [0.05, 0.1) is 5.56 Å². The number of benzene rings is 1. The van der Waals surface area contributed by atoms with Crippen LogP contribution in [0.25, 0.3) is 0 Å². The van der Waals surface area contributed by atoms with Gasteiger partial charge in [0, 0.05) is 6.04 Å². The SMILES string of the molecule is CC1CCC(NC(=O)COc2ccccc2C#N)C1C. The van der Waals surface area contributed by atoms with Crippen molar-refractivity contribution in [1.82, 2.24) is 5.32 Å². The van der Waals surface area contributed by atoms with Gasteiger partial charge in [0.1, 0.15) is 11.8 Å². The first-order chi connectivity index (χ1) is 9.61. The minimum Gasteiger partial charge on any atom is -0.482 e. The molecule has 0 aliphatic heterocycles. The van der Waals surface area contributed by atoms with E-state index in [9.17, 15) is 4.79 Å². The number of nitrogens with one attached hydrogen (secondary N) is 1. The molecule has 20 heavy (non-hydrogen) atoms. The number of nitrogens with zero attached hydrogens (tertiary/aromatic N) is 1. The number of ether oxygens (including phenoxy) is 1. The zero-order valence-electron chi connectivity index (χ0n) is 11.9. The van der Waals surface area contributed by atoms with Crippen molar-refractivity contribution >= 4 is 5.91 Å². The molecule has 0 aromatic heterocycles. The summed E-state index contributed by atoms with van der Waals surface area (Å²) in [5.74, 6) is 1.49. The van der Waals surface area contributed by atoms with Gasteiger partial charge in [-0.2, -0.15) is 5.26 Å². The molecule has 3 unspecified atom stereocenters. The quantitative estimate of drug-likeness (QED) is 0.916. The van der Waals surface area contributed by atoms with Crippen molar-refractivity contribution in [3.63, 3.8) is 0 Å². The summed E-state index contributed by atoms with van der Waals surface area (Å²) >= 11 is 0. The molecule has 1 amide bonds. The zero-order valence-corrected chi connectivity index (χ0v) is 11.9. The summed E-state index contributed by atoms with van der Waals surface area (Å²) in [5, 5.41) is 12.0. The summed E-state index contributed by atoms with van der Waals surface area (Å²) in [4.78, 5) is 11.9. The minimum absolute atomic E-state index is 0.0453. The molecular formula is C16H20N2O2. The van der Waals surface area contributed by atoms with Crippen LogP contribution in [-0.4, -0.2) is 18.6 Å². The van der Waals surface area contributed by atoms with E-state index in [1.807, 2.05) is 6.07 Å². The van der Waals surface area contributed by atoms with Gasteiger partial charge in [-0.05, 0) is 36.8 Å². The fourth-order valence-electron chi connectivity index (χ4n) is 2.65. The Kier molecular flexibility index (Phi) is 4.62. The first-order valence-corrected chi connectivity index (χ1v) is 7.03. The predicted octanol–water partition coefficient (Wildman–Crippen LogP) is 2.49. The van der Waals surface area contributed by atoms with Gasteiger partial charge in [-0.1, -0.05) is 26.0 Å². The molecule has 1 fully saturated rings. The van der Waals surface area contributed by atoms with Crippen LogP contribution in [-0.2, 0) is 4.79 Å². The maximum Gasteiger partial charge on any atom is 0.258 e. The molecule has 0 bridgehead atoms. The molecule has 106 valence electrons. The Morgan fingerprint density at radius 2 is 2.15 bits per heavy atom. The number of carbonyl (C=O) groups excluding carboxylic acids is 1. The highest BCUT2D eigenvalue weighted by Crippen LogP contribution is 2.30. The Morgan fingerprint density at radius 3 is 2.80 bits per heavy atom. The third-order valence-corrected chi connectivity index (χ3v) is 4.18. The highest BCUT2D eigenvalue weighted by Gasteiger charge is 2.30. The zero-order chi connectivity index (χ0) is 14.5. The van der Waals surface area contributed by atoms with E-state index in [-0.39, 0.29) is 18.6 Å². The van der Waals surface area contributed by atoms with E-state index in [0.29, 0.717) is 23.1 Å². The van der Waals surface area contributed by atoms with Gasteiger partial charge in [0.25, 0.3) is 5.91 Å². The molecule has 0 heterocycles. The molecule has 1 saturated carbocycles. The lowest BCUT2D eigenvalue weighted by atomic mass is 9.98. The summed E-state index contributed by atoms with van der Waals surface area (Å²) in [5.41, 5.74) is 0.447. The second-order valence-electron chi connectivity index (χ2n) is 5.48. The Morgan fingerprint density at radius 1 is 1.40 bits per heavy atom. The number of rotatable bonds is 4. The van der Waals surface area contributed by atoms with E-state index in [4.69, 9.17) is 10.00 Å². The molecule has 4 nitrogen and oxygen atoms in total. The van der Waals surface area contributed by atoms with Crippen LogP contribution < -0.4 is 10.1 Å². The molecule has 1 N–H and O–H groups in total. The van der Waals surface area contributed by atoms with Crippen LogP contribution in [0.3, 0.4) is 0 Å². The number of nitriles is 1. The fraction of sp³-hybridized carbons (Fsp3) is 0.500. The van der Waals surface area contributed by atoms with Gasteiger partial charge in [-0.25, -0.2) is 0 Å². The van der Waals surface area contributed by atoms with Crippen LogP contribution in [0.4, 0.5) is 0 Å². The number of amides is 1. The number of para-hydroxylation sites is 1. The lowest BCUT2D eigenvalue weighted by Gasteiger charge is -2.19. The van der Waals surface area contributed by atoms with Gasteiger partial charge in [0.2, 0.25) is 0 Å². The van der Waals surface area contributed by atoms with E-state index in [1.165, 1.54) is 0 Å². The maximum absolute atomic E-state index is 11.9. The van der Waals surface area contributed by atoms with Crippen LogP contribution in [0.2, 0.25) is 0 Å². The first kappa shape index (κ1) is 14.4. The van der Waals surface area contributed by atoms with Crippen molar-refractivity contribution in [3.8, 4) is 11.8 Å². The second kappa shape index (κ2) is 6.42. The van der Waals surface area contributed by atoms with E-state index >= 15 is 0 Å². The van der Waals surface area contributed by atoms with Crippen molar-refractivity contribution in [1.29, 1.82) is 5.26 Å². The van der Waals surface area contributed by atoms with Crippen molar-refractivity contribution in [2.45, 2.75) is 32.7 Å². The van der Waals surface area contributed by atoms with Crippen LogP contribution in [0.15, 0.2) is 24.3 Å². The Balaban J connectivity index is 1.85. The lowest BCUT2D eigenvalue weighted by Crippen LogP contribution is -2.40. The normalized spacial score (nSPS) is 24.9. The minimum atomic E-state index is -0.122. The van der Waals surface area contributed by atoms with E-state index < -0.39 is 0 Å². The van der Waals surface area contributed by atoms with Crippen LogP contribution >= 0.6 is 0 Å². The van der Waals surface area contributed by atoms with E-state index in [0.717, 1.165) is 12.8 Å². The van der Waals surface area contributed by atoms with Crippen molar-refractivity contribution in [2.24, 2.45) is 11.8 Å². The van der Waals surface area contributed by atoms with Gasteiger partial charge in [0.15, 0.2) is 6.61 Å². The molecular weight excluding hydrogens is 252 g/mol. The van der Waals surface area contributed by atoms with E-state index in [1.54, 1.807) is 24.3 Å². The number of carbonyl (C=O) groups is 1. The maximum atomic E-state index is 11.9. The topological polar surface area (TPSA) is 62.1 Å². The molecule has 0 radical (unpaired) electrons. The molecule has 1 aliphatic carbocycles. The molecule has 2 rings (SSSR count). The summed E-state index contributed by atoms with van der Waals surface area (Å²) in [7, 11) is 0. The van der Waals surface area contributed by atoms with E-state index in [2.05, 4.69) is 19.2 Å². The Labute approximate surface area is 119 Å². The van der Waals surface area contributed by atoms with Crippen LogP contribution in [0.1, 0.15) is 32.3 Å². The van der Waals surface area contributed by atoms with Gasteiger partial charge >= 0.3 is 0 Å². The predicted molar refractivity (Wildman–Crippen MR) is 76.1 cm³/mol. The van der Waals surface area contributed by atoms with Gasteiger partial charge in [-0.15, -0.1) is 0 Å². The molecule has 0 saturated heterocycles. The summed E-state index contributed by atoms with van der Waals surface area (Å²) < 4.78 is 5.43. The molecule has 3 atom stereocenters. The number of hydrogen-bond acceptors (Lipinski definition) is 3. The highest BCUT2D eigenvalue weighted by molar-refractivity contribution is 5.78. The fourth-order valence-corrected chi connectivity index (χ4v) is 2.65. The Bertz CT molecular complexity index is 521. The van der Waals surface area contributed by atoms with Crippen molar-refractivity contribution in [3.05, 3.63) is 29.8 Å². The van der Waals surface area contributed by atoms with Crippen molar-refractivity contribution in [2.75, 3.05) is 6.61 Å². The third kappa shape index (κ3) is 3.30. The molecule has 4 heteroatoms. The smallest absolute Gasteiger partial charge is 0.258 e. The first-order valence-electron chi connectivity index (χ1n) is 7.03. The molecule has 1 aromatic carbocycles. The lowest BCUT2D eigenvalue weighted by molar-refractivity contribution is -0.124. The molecule has 0 spiro atoms. The van der Waals surface area contributed by atoms with Gasteiger partial charge in [-0.3, -0.25) is 4.79 Å². The Hall–Kier alpha value is -2.02. The average molecular weight is 272 g/mol. The summed E-state index contributed by atoms with van der Waals surface area (Å²) in [6.07, 6.45) is 2.19. The van der Waals surface area contributed by atoms with Gasteiger partial charge < -0.3 is 10.1 Å². The monoisotopic (exact) mass is 272 g/mol. The molecule has 1 aromatic rings. The second-order valence-corrected chi connectivity index (χ2v) is 5.48. The summed E-state index contributed by atoms with van der Waals surface area (Å²) in [6, 6.07) is 9.22. The van der Waals surface area contributed by atoms with Crippen molar-refractivity contribution < 1.29 is 9.53 Å². The third-order valence-electron chi connectivity index (χ3n) is 4.18. The van der Waals surface area contributed by atoms with Crippen LogP contribution in [0, 0.1) is 23.2 Å². The number of hydrogen-bond donors (Lipinski definition) is 1. The highest BCUT2D eigenvalue weighted by atomic mass is 16.5. The standard InChI is InChI=1S/C16H20N2O2/c1-11-7-8-14(12(11)2)18-16(19)10-20-15-6-4-3-5-13(15)9-17/h3-6,11-12,14H,7-8,10H2,1-2H3,(H,18,19). The summed E-state index contributed by atoms with van der Waals surface area (Å²) in [6.45, 7) is 4.35. The largest absolute Gasteiger partial charge is 0.482 e. The molecule has 1 aliphatic rings.